The maximum Gasteiger partial charge on any atom is 0.416 e. The molecule has 1 amide bonds. The highest BCUT2D eigenvalue weighted by atomic mass is 79.9. The van der Waals surface area contributed by atoms with Gasteiger partial charge in [0.25, 0.3) is 5.91 Å². The van der Waals surface area contributed by atoms with Gasteiger partial charge >= 0.3 is 6.18 Å². The van der Waals surface area contributed by atoms with Crippen molar-refractivity contribution in [1.29, 1.82) is 0 Å². The summed E-state index contributed by atoms with van der Waals surface area (Å²) in [5.41, 5.74) is 2.71. The Bertz CT molecular complexity index is 1010. The molecule has 1 aromatic heterocycles. The Morgan fingerprint density at radius 1 is 1.07 bits per heavy atom. The summed E-state index contributed by atoms with van der Waals surface area (Å²) < 4.78 is 44.6. The highest BCUT2D eigenvalue weighted by Crippen LogP contribution is 2.37. The Balaban J connectivity index is 1.91. The van der Waals surface area contributed by atoms with Gasteiger partial charge in [-0.05, 0) is 47.0 Å². The molecule has 7 heteroatoms. The maximum atomic E-state index is 12.9. The summed E-state index contributed by atoms with van der Waals surface area (Å²) in [4.78, 5) is 12.9. The Morgan fingerprint density at radius 2 is 1.69 bits per heavy atom. The zero-order chi connectivity index (χ0) is 21.2. The van der Waals surface area contributed by atoms with Gasteiger partial charge in [-0.2, -0.15) is 13.2 Å². The molecule has 0 saturated heterocycles. The van der Waals surface area contributed by atoms with Crippen LogP contribution in [-0.2, 0) is 19.1 Å². The lowest BCUT2D eigenvalue weighted by atomic mass is 10.0. The summed E-state index contributed by atoms with van der Waals surface area (Å²) in [7, 11) is 0. The number of halogens is 4. The number of aryl methyl sites for hydroxylation is 1. The van der Waals surface area contributed by atoms with Crippen molar-refractivity contribution in [2.45, 2.75) is 33.0 Å². The van der Waals surface area contributed by atoms with Gasteiger partial charge in [0, 0.05) is 17.7 Å². The number of amides is 1. The summed E-state index contributed by atoms with van der Waals surface area (Å²) in [6.07, 6.45) is -3.90. The van der Waals surface area contributed by atoms with Crippen molar-refractivity contribution in [2.24, 2.45) is 0 Å². The van der Waals surface area contributed by atoms with Gasteiger partial charge < -0.3 is 9.73 Å². The summed E-state index contributed by atoms with van der Waals surface area (Å²) >= 11 is 3.32. The molecule has 0 fully saturated rings. The van der Waals surface area contributed by atoms with Crippen LogP contribution in [0.5, 0.6) is 0 Å². The van der Waals surface area contributed by atoms with Crippen molar-refractivity contribution in [2.75, 3.05) is 0 Å². The SMILES string of the molecule is CCc1c(Br)oc(-c2ccc(C(F)(F)F)cc2)c1C(=O)NCc1ccc(C)cc1. The largest absolute Gasteiger partial charge is 0.448 e. The number of benzene rings is 2. The zero-order valence-corrected chi connectivity index (χ0v) is 17.4. The predicted octanol–water partition coefficient (Wildman–Crippen LogP) is 6.53. The van der Waals surface area contributed by atoms with Gasteiger partial charge in [0.05, 0.1) is 11.1 Å². The minimum absolute atomic E-state index is 0.240. The number of alkyl halides is 3. The molecule has 0 unspecified atom stereocenters. The Morgan fingerprint density at radius 3 is 2.24 bits per heavy atom. The Labute approximate surface area is 175 Å². The topological polar surface area (TPSA) is 42.2 Å². The average Bonchev–Trinajstić information content (AvgIpc) is 3.03. The fourth-order valence-corrected chi connectivity index (χ4v) is 3.62. The first-order valence-corrected chi connectivity index (χ1v) is 9.82. The van der Waals surface area contributed by atoms with Crippen molar-refractivity contribution in [3.63, 3.8) is 0 Å². The van der Waals surface area contributed by atoms with Crippen molar-refractivity contribution >= 4 is 21.8 Å². The molecular formula is C22H19BrF3NO2. The van der Waals surface area contributed by atoms with Crippen LogP contribution in [0.4, 0.5) is 13.2 Å². The smallest absolute Gasteiger partial charge is 0.416 e. The molecule has 0 bridgehead atoms. The number of hydrogen-bond acceptors (Lipinski definition) is 2. The van der Waals surface area contributed by atoms with Crippen LogP contribution in [0, 0.1) is 6.92 Å². The second-order valence-corrected chi connectivity index (χ2v) is 7.38. The van der Waals surface area contributed by atoms with E-state index in [0.29, 0.717) is 34.3 Å². The standard InChI is InChI=1S/C22H19BrF3NO2/c1-3-17-18(21(28)27-12-14-6-4-13(2)5-7-14)19(29-20(17)23)15-8-10-16(11-9-15)22(24,25)26/h4-11H,3,12H2,1-2H3,(H,27,28). The van der Waals surface area contributed by atoms with Crippen molar-refractivity contribution in [3.8, 4) is 11.3 Å². The first-order chi connectivity index (χ1) is 13.7. The van der Waals surface area contributed by atoms with E-state index < -0.39 is 11.7 Å². The number of nitrogens with one attached hydrogen (secondary N) is 1. The number of furan rings is 1. The van der Waals surface area contributed by atoms with Gasteiger partial charge in [-0.15, -0.1) is 0 Å². The monoisotopic (exact) mass is 465 g/mol. The molecule has 3 rings (SSSR count). The van der Waals surface area contributed by atoms with E-state index in [1.807, 2.05) is 38.1 Å². The fourth-order valence-electron chi connectivity index (χ4n) is 2.98. The quantitative estimate of drug-likeness (QED) is 0.465. The molecule has 0 aliphatic heterocycles. The van der Waals surface area contributed by atoms with Crippen molar-refractivity contribution in [1.82, 2.24) is 5.32 Å². The number of rotatable bonds is 5. The molecule has 0 atom stereocenters. The van der Waals surface area contributed by atoms with Crippen LogP contribution in [0.15, 0.2) is 57.6 Å². The van der Waals surface area contributed by atoms with Crippen LogP contribution in [0.2, 0.25) is 0 Å². The third-order valence-corrected chi connectivity index (χ3v) is 5.23. The molecule has 1 N–H and O–H groups in total. The molecule has 29 heavy (non-hydrogen) atoms. The molecule has 3 aromatic rings. The minimum atomic E-state index is -4.43. The van der Waals surface area contributed by atoms with Gasteiger partial charge in [0.2, 0.25) is 0 Å². The third kappa shape index (κ3) is 4.72. The van der Waals surface area contributed by atoms with E-state index in [1.165, 1.54) is 12.1 Å². The van der Waals surface area contributed by atoms with Gasteiger partial charge in [-0.3, -0.25) is 4.79 Å². The Hall–Kier alpha value is -2.54. The third-order valence-electron chi connectivity index (χ3n) is 4.59. The molecule has 0 radical (unpaired) electrons. The number of carbonyl (C=O) groups is 1. The van der Waals surface area contributed by atoms with E-state index in [2.05, 4.69) is 21.2 Å². The lowest BCUT2D eigenvalue weighted by Gasteiger charge is -2.09. The predicted molar refractivity (Wildman–Crippen MR) is 109 cm³/mol. The lowest BCUT2D eigenvalue weighted by molar-refractivity contribution is -0.137. The molecule has 0 aliphatic rings. The molecular weight excluding hydrogens is 447 g/mol. The van der Waals surface area contributed by atoms with E-state index in [9.17, 15) is 18.0 Å². The van der Waals surface area contributed by atoms with Crippen LogP contribution in [0.3, 0.4) is 0 Å². The first kappa shape index (κ1) is 21.2. The van der Waals surface area contributed by atoms with Crippen LogP contribution < -0.4 is 5.32 Å². The molecule has 0 saturated carbocycles. The van der Waals surface area contributed by atoms with Crippen LogP contribution in [0.1, 0.15) is 39.5 Å². The van der Waals surface area contributed by atoms with Crippen molar-refractivity contribution < 1.29 is 22.4 Å². The van der Waals surface area contributed by atoms with E-state index >= 15 is 0 Å². The van der Waals surface area contributed by atoms with Gasteiger partial charge in [-0.25, -0.2) is 0 Å². The average molecular weight is 466 g/mol. The second kappa shape index (κ2) is 8.45. The van der Waals surface area contributed by atoms with Gasteiger partial charge in [0.15, 0.2) is 4.67 Å². The molecule has 152 valence electrons. The zero-order valence-electron chi connectivity index (χ0n) is 15.9. The summed E-state index contributed by atoms with van der Waals surface area (Å²) in [6, 6.07) is 12.4. The van der Waals surface area contributed by atoms with Crippen molar-refractivity contribution in [3.05, 3.63) is 81.0 Å². The lowest BCUT2D eigenvalue weighted by Crippen LogP contribution is -2.24. The number of carbonyl (C=O) groups excluding carboxylic acids is 1. The van der Waals surface area contributed by atoms with Gasteiger partial charge in [-0.1, -0.05) is 48.9 Å². The Kier molecular flexibility index (Phi) is 6.17. The summed E-state index contributed by atoms with van der Waals surface area (Å²) in [5.74, 6) is -0.101. The molecule has 3 nitrogen and oxygen atoms in total. The van der Waals surface area contributed by atoms with E-state index in [4.69, 9.17) is 4.42 Å². The van der Waals surface area contributed by atoms with Gasteiger partial charge in [0.1, 0.15) is 5.76 Å². The summed E-state index contributed by atoms with van der Waals surface area (Å²) in [5, 5.41) is 2.87. The molecule has 0 spiro atoms. The second-order valence-electron chi connectivity index (χ2n) is 6.66. The minimum Gasteiger partial charge on any atom is -0.448 e. The van der Waals surface area contributed by atoms with Crippen LogP contribution >= 0.6 is 15.9 Å². The van der Waals surface area contributed by atoms with E-state index in [0.717, 1.165) is 23.3 Å². The maximum absolute atomic E-state index is 12.9. The van der Waals surface area contributed by atoms with E-state index in [1.54, 1.807) is 0 Å². The molecule has 1 heterocycles. The van der Waals surface area contributed by atoms with E-state index in [-0.39, 0.29) is 11.7 Å². The number of hydrogen-bond donors (Lipinski definition) is 1. The molecule has 0 aliphatic carbocycles. The summed E-state index contributed by atoms with van der Waals surface area (Å²) in [6.45, 7) is 4.19. The first-order valence-electron chi connectivity index (χ1n) is 9.03. The molecule has 2 aromatic carbocycles. The van der Waals surface area contributed by atoms with Crippen LogP contribution in [-0.4, -0.2) is 5.91 Å². The van der Waals surface area contributed by atoms with Crippen LogP contribution in [0.25, 0.3) is 11.3 Å². The highest BCUT2D eigenvalue weighted by Gasteiger charge is 2.31. The highest BCUT2D eigenvalue weighted by molar-refractivity contribution is 9.10. The fraction of sp³-hybridized carbons (Fsp3) is 0.227. The normalized spacial score (nSPS) is 11.5.